The first-order valence-corrected chi connectivity index (χ1v) is 6.68. The van der Waals surface area contributed by atoms with Crippen LogP contribution in [0.25, 0.3) is 17.0 Å². The van der Waals surface area contributed by atoms with Gasteiger partial charge in [0.25, 0.3) is 0 Å². The van der Waals surface area contributed by atoms with E-state index in [-0.39, 0.29) is 6.42 Å². The molecule has 0 amide bonds. The number of hydrogen-bond donors (Lipinski definition) is 2. The summed E-state index contributed by atoms with van der Waals surface area (Å²) in [5, 5.41) is 0. The van der Waals surface area contributed by atoms with Gasteiger partial charge in [0.05, 0.1) is 17.6 Å². The van der Waals surface area contributed by atoms with Crippen LogP contribution in [-0.4, -0.2) is 21.1 Å². The molecule has 1 aliphatic rings. The number of H-pyrrole nitrogens is 1. The summed E-state index contributed by atoms with van der Waals surface area (Å²) in [6, 6.07) is 1.70. The molecule has 0 saturated carbocycles. The minimum absolute atomic E-state index is 0.00708. The number of pyridine rings is 1. The minimum Gasteiger partial charge on any atom is -0.397 e. The molecule has 3 rings (SSSR count). The zero-order valence-electron chi connectivity index (χ0n) is 11.5. The molecule has 0 spiro atoms. The Balaban J connectivity index is 1.91. The zero-order valence-corrected chi connectivity index (χ0v) is 11.5. The molecule has 22 heavy (non-hydrogen) atoms. The predicted molar refractivity (Wildman–Crippen MR) is 77.6 cm³/mol. The van der Waals surface area contributed by atoms with Gasteiger partial charge in [0.2, 0.25) is 0 Å². The van der Waals surface area contributed by atoms with Gasteiger partial charge in [-0.15, -0.1) is 0 Å². The van der Waals surface area contributed by atoms with Gasteiger partial charge in [0.15, 0.2) is 0 Å². The van der Waals surface area contributed by atoms with Crippen LogP contribution in [0.3, 0.4) is 0 Å². The number of hydrogen-bond acceptors (Lipinski definition) is 3. The van der Waals surface area contributed by atoms with E-state index < -0.39 is 11.7 Å². The van der Waals surface area contributed by atoms with Gasteiger partial charge >= 0.3 is 6.18 Å². The van der Waals surface area contributed by atoms with Crippen molar-refractivity contribution in [1.29, 1.82) is 0 Å². The number of aromatic nitrogens is 3. The lowest BCUT2D eigenvalue weighted by Crippen LogP contribution is -2.13. The molecular weight excluding hydrogens is 293 g/mol. The van der Waals surface area contributed by atoms with Gasteiger partial charge in [0, 0.05) is 23.5 Å². The summed E-state index contributed by atoms with van der Waals surface area (Å²) >= 11 is 0. The highest BCUT2D eigenvalue weighted by molar-refractivity contribution is 5.75. The summed E-state index contributed by atoms with van der Waals surface area (Å²) < 4.78 is 38.4. The number of imidazole rings is 1. The van der Waals surface area contributed by atoms with Crippen LogP contribution in [0, 0.1) is 0 Å². The first kappa shape index (κ1) is 14.4. The zero-order chi connectivity index (χ0) is 15.7. The van der Waals surface area contributed by atoms with Gasteiger partial charge in [-0.25, -0.2) is 4.98 Å². The largest absolute Gasteiger partial charge is 0.412 e. The average molecular weight is 306 g/mol. The van der Waals surface area contributed by atoms with Crippen molar-refractivity contribution >= 4 is 11.3 Å². The maximum absolute atomic E-state index is 12.8. The molecule has 0 unspecified atom stereocenters. The van der Waals surface area contributed by atoms with Crippen molar-refractivity contribution in [1.82, 2.24) is 15.0 Å². The van der Waals surface area contributed by atoms with Crippen LogP contribution in [0.1, 0.15) is 18.5 Å². The molecule has 7 heteroatoms. The molecule has 0 saturated heterocycles. The van der Waals surface area contributed by atoms with Crippen molar-refractivity contribution in [2.45, 2.75) is 19.0 Å². The SMILES string of the molecule is Nc1cncc(-c2ncc(C3=CCCC(C(F)(F)F)=C3)[nH]2)c1. The summed E-state index contributed by atoms with van der Waals surface area (Å²) in [5.74, 6) is 0.517. The number of nitrogens with zero attached hydrogens (tertiary/aromatic N) is 2. The van der Waals surface area contributed by atoms with Gasteiger partial charge in [-0.05, 0) is 30.6 Å². The van der Waals surface area contributed by atoms with E-state index in [1.54, 1.807) is 18.3 Å². The van der Waals surface area contributed by atoms with Gasteiger partial charge in [-0.3, -0.25) is 4.98 Å². The van der Waals surface area contributed by atoms with Gasteiger partial charge in [-0.2, -0.15) is 13.2 Å². The van der Waals surface area contributed by atoms with Crippen molar-refractivity contribution in [2.75, 3.05) is 5.73 Å². The first-order chi connectivity index (χ1) is 10.4. The Morgan fingerprint density at radius 3 is 2.73 bits per heavy atom. The van der Waals surface area contributed by atoms with Crippen molar-refractivity contribution in [3.63, 3.8) is 0 Å². The van der Waals surface area contributed by atoms with E-state index in [1.165, 1.54) is 18.5 Å². The lowest BCUT2D eigenvalue weighted by molar-refractivity contribution is -0.0939. The molecule has 0 bridgehead atoms. The summed E-state index contributed by atoms with van der Waals surface area (Å²) in [5.41, 5.74) is 7.35. The van der Waals surface area contributed by atoms with Crippen LogP contribution in [0.5, 0.6) is 0 Å². The molecule has 2 heterocycles. The molecule has 0 fully saturated rings. The van der Waals surface area contributed by atoms with E-state index in [4.69, 9.17) is 5.73 Å². The number of alkyl halides is 3. The number of allylic oxidation sites excluding steroid dienone is 4. The second kappa shape index (κ2) is 5.32. The van der Waals surface area contributed by atoms with Crippen molar-refractivity contribution in [3.05, 3.63) is 48.1 Å². The lowest BCUT2D eigenvalue weighted by Gasteiger charge is -2.15. The molecule has 2 aromatic rings. The Hall–Kier alpha value is -2.57. The molecule has 0 atom stereocenters. The summed E-state index contributed by atoms with van der Waals surface area (Å²) in [4.78, 5) is 11.2. The van der Waals surface area contributed by atoms with E-state index in [1.807, 2.05) is 0 Å². The molecule has 4 nitrogen and oxygen atoms in total. The fourth-order valence-corrected chi connectivity index (χ4v) is 2.32. The van der Waals surface area contributed by atoms with Crippen molar-refractivity contribution in [3.8, 4) is 11.4 Å². The third-order valence-corrected chi connectivity index (χ3v) is 3.39. The third-order valence-electron chi connectivity index (χ3n) is 3.39. The van der Waals surface area contributed by atoms with Crippen molar-refractivity contribution < 1.29 is 13.2 Å². The van der Waals surface area contributed by atoms with Crippen LogP contribution in [-0.2, 0) is 0 Å². The van der Waals surface area contributed by atoms with Gasteiger partial charge in [-0.1, -0.05) is 6.08 Å². The van der Waals surface area contributed by atoms with Gasteiger partial charge < -0.3 is 10.7 Å². The summed E-state index contributed by atoms with van der Waals surface area (Å²) in [7, 11) is 0. The number of aromatic amines is 1. The average Bonchev–Trinajstić information content (AvgIpc) is 2.96. The highest BCUT2D eigenvalue weighted by atomic mass is 19.4. The molecular formula is C15H13F3N4. The molecule has 0 aliphatic heterocycles. The molecule has 2 aromatic heterocycles. The number of nitrogens with two attached hydrogens (primary N) is 1. The number of nitrogens with one attached hydrogen (secondary N) is 1. The topological polar surface area (TPSA) is 67.6 Å². The van der Waals surface area contributed by atoms with E-state index in [9.17, 15) is 13.2 Å². The normalized spacial score (nSPS) is 15.4. The fraction of sp³-hybridized carbons (Fsp3) is 0.200. The predicted octanol–water partition coefficient (Wildman–Crippen LogP) is 3.72. The Morgan fingerprint density at radius 1 is 1.18 bits per heavy atom. The molecule has 0 radical (unpaired) electrons. The van der Waals surface area contributed by atoms with Crippen molar-refractivity contribution in [2.24, 2.45) is 0 Å². The third kappa shape index (κ3) is 2.88. The van der Waals surface area contributed by atoms with Crippen LogP contribution in [0.4, 0.5) is 18.9 Å². The lowest BCUT2D eigenvalue weighted by atomic mass is 9.97. The van der Waals surface area contributed by atoms with E-state index >= 15 is 0 Å². The monoisotopic (exact) mass is 306 g/mol. The first-order valence-electron chi connectivity index (χ1n) is 6.68. The minimum atomic E-state index is -4.29. The smallest absolute Gasteiger partial charge is 0.397 e. The molecule has 1 aliphatic carbocycles. The molecule has 3 N–H and O–H groups in total. The number of halogens is 3. The molecule has 114 valence electrons. The second-order valence-corrected chi connectivity index (χ2v) is 5.02. The van der Waals surface area contributed by atoms with Crippen LogP contribution in [0.2, 0.25) is 0 Å². The summed E-state index contributed by atoms with van der Waals surface area (Å²) in [6.07, 6.45) is 3.62. The van der Waals surface area contributed by atoms with Crippen LogP contribution < -0.4 is 5.73 Å². The fourth-order valence-electron chi connectivity index (χ4n) is 2.32. The maximum Gasteiger partial charge on any atom is 0.412 e. The van der Waals surface area contributed by atoms with E-state index in [0.717, 1.165) is 0 Å². The van der Waals surface area contributed by atoms with Crippen LogP contribution >= 0.6 is 0 Å². The quantitative estimate of drug-likeness (QED) is 0.888. The summed E-state index contributed by atoms with van der Waals surface area (Å²) in [6.45, 7) is 0. The highest BCUT2D eigenvalue weighted by Gasteiger charge is 2.34. The van der Waals surface area contributed by atoms with Gasteiger partial charge in [0.1, 0.15) is 5.82 Å². The van der Waals surface area contributed by atoms with E-state index in [0.29, 0.717) is 34.8 Å². The number of nitrogen functional groups attached to an aromatic ring is 1. The Kier molecular flexibility index (Phi) is 3.48. The Bertz CT molecular complexity index is 756. The molecule has 0 aromatic carbocycles. The number of anilines is 1. The Morgan fingerprint density at radius 2 is 2.00 bits per heavy atom. The second-order valence-electron chi connectivity index (χ2n) is 5.02. The maximum atomic E-state index is 12.8. The Labute approximate surface area is 124 Å². The standard InChI is InChI=1S/C15H13F3N4/c16-15(17,18)11-3-1-2-9(4-11)13-8-21-14(22-13)10-5-12(19)7-20-6-10/h2,4-8H,1,3,19H2,(H,21,22). The highest BCUT2D eigenvalue weighted by Crippen LogP contribution is 2.35. The van der Waals surface area contributed by atoms with Crippen LogP contribution in [0.15, 0.2) is 42.4 Å². The van der Waals surface area contributed by atoms with E-state index in [2.05, 4.69) is 15.0 Å². The number of rotatable bonds is 2.